The lowest BCUT2D eigenvalue weighted by molar-refractivity contribution is 0.288. The van der Waals surface area contributed by atoms with Crippen LogP contribution >= 0.6 is 0 Å². The van der Waals surface area contributed by atoms with Crippen molar-refractivity contribution in [3.8, 4) is 0 Å². The van der Waals surface area contributed by atoms with Crippen LogP contribution in [0.15, 0.2) is 18.2 Å². The van der Waals surface area contributed by atoms with E-state index >= 15 is 0 Å². The van der Waals surface area contributed by atoms with Crippen LogP contribution in [0.5, 0.6) is 0 Å². The lowest BCUT2D eigenvalue weighted by Crippen LogP contribution is -2.32. The topological polar surface area (TPSA) is 12.0 Å². The Bertz CT molecular complexity index is 359. The molecule has 0 heterocycles. The van der Waals surface area contributed by atoms with Gasteiger partial charge in [0.25, 0.3) is 0 Å². The summed E-state index contributed by atoms with van der Waals surface area (Å²) in [5, 5.41) is 3.52. The molecule has 0 fully saturated rings. The Hall–Kier alpha value is -0.820. The average molecular weight is 247 g/mol. The van der Waals surface area contributed by atoms with E-state index in [1.54, 1.807) is 0 Å². The van der Waals surface area contributed by atoms with Crippen molar-refractivity contribution in [2.75, 3.05) is 6.54 Å². The number of aryl methyl sites for hydroxylation is 2. The van der Waals surface area contributed by atoms with Crippen molar-refractivity contribution in [1.82, 2.24) is 5.32 Å². The summed E-state index contributed by atoms with van der Waals surface area (Å²) in [6, 6.07) is 7.20. The Labute approximate surface area is 113 Å². The Balaban J connectivity index is 2.76. The van der Waals surface area contributed by atoms with Gasteiger partial charge < -0.3 is 5.32 Å². The Morgan fingerprint density at radius 3 is 2.22 bits per heavy atom. The molecular formula is C17H29N. The Morgan fingerprint density at radius 2 is 1.72 bits per heavy atom. The molecule has 0 saturated heterocycles. The van der Waals surface area contributed by atoms with Crippen LogP contribution in [0.4, 0.5) is 0 Å². The SMILES string of the molecule is CCNC(C)CC(C)(C)Cc1c(C)cccc1C. The fraction of sp³-hybridized carbons (Fsp3) is 0.647. The molecular weight excluding hydrogens is 218 g/mol. The van der Waals surface area contributed by atoms with Crippen LogP contribution in [0.3, 0.4) is 0 Å². The average Bonchev–Trinajstić information content (AvgIpc) is 2.23. The van der Waals surface area contributed by atoms with E-state index in [1.165, 1.54) is 29.5 Å². The molecule has 1 atom stereocenters. The van der Waals surface area contributed by atoms with E-state index < -0.39 is 0 Å². The molecule has 1 rings (SSSR count). The van der Waals surface area contributed by atoms with Gasteiger partial charge >= 0.3 is 0 Å². The highest BCUT2D eigenvalue weighted by molar-refractivity contribution is 5.34. The van der Waals surface area contributed by atoms with Gasteiger partial charge in [-0.1, -0.05) is 39.0 Å². The number of rotatable bonds is 6. The fourth-order valence-electron chi connectivity index (χ4n) is 2.93. The van der Waals surface area contributed by atoms with Gasteiger partial charge in [-0.05, 0) is 62.3 Å². The van der Waals surface area contributed by atoms with E-state index in [0.717, 1.165) is 6.54 Å². The predicted molar refractivity (Wildman–Crippen MR) is 81.2 cm³/mol. The minimum atomic E-state index is 0.346. The second-order valence-corrected chi connectivity index (χ2v) is 6.37. The van der Waals surface area contributed by atoms with Crippen LogP contribution in [0.1, 0.15) is 50.8 Å². The number of hydrogen-bond acceptors (Lipinski definition) is 1. The molecule has 0 radical (unpaired) electrons. The zero-order valence-corrected chi connectivity index (χ0v) is 12.9. The predicted octanol–water partition coefficient (Wildman–Crippen LogP) is 4.26. The molecule has 1 N–H and O–H groups in total. The van der Waals surface area contributed by atoms with Crippen LogP contribution in [-0.4, -0.2) is 12.6 Å². The molecule has 0 amide bonds. The van der Waals surface area contributed by atoms with Crippen LogP contribution in [-0.2, 0) is 6.42 Å². The van der Waals surface area contributed by atoms with E-state index in [2.05, 4.69) is 65.1 Å². The maximum atomic E-state index is 3.52. The van der Waals surface area contributed by atoms with Gasteiger partial charge in [0.15, 0.2) is 0 Å². The van der Waals surface area contributed by atoms with E-state index in [1.807, 2.05) is 0 Å². The zero-order valence-electron chi connectivity index (χ0n) is 12.9. The maximum Gasteiger partial charge on any atom is 0.00438 e. The smallest absolute Gasteiger partial charge is 0.00438 e. The zero-order chi connectivity index (χ0) is 13.8. The third-order valence-electron chi connectivity index (χ3n) is 3.71. The number of benzene rings is 1. The first-order valence-electron chi connectivity index (χ1n) is 7.14. The lowest BCUT2D eigenvalue weighted by Gasteiger charge is -2.30. The van der Waals surface area contributed by atoms with Gasteiger partial charge in [-0.2, -0.15) is 0 Å². The normalized spacial score (nSPS) is 13.7. The minimum Gasteiger partial charge on any atom is -0.315 e. The van der Waals surface area contributed by atoms with Crippen LogP contribution < -0.4 is 5.32 Å². The molecule has 1 aromatic rings. The third-order valence-corrected chi connectivity index (χ3v) is 3.71. The third kappa shape index (κ3) is 4.45. The summed E-state index contributed by atoms with van der Waals surface area (Å²) in [7, 11) is 0. The molecule has 0 aliphatic rings. The standard InChI is InChI=1S/C17H29N/c1-7-18-15(4)11-17(5,6)12-16-13(2)9-8-10-14(16)3/h8-10,15,18H,7,11-12H2,1-6H3. The molecule has 0 spiro atoms. The van der Waals surface area contributed by atoms with Gasteiger partial charge in [-0.25, -0.2) is 0 Å². The quantitative estimate of drug-likeness (QED) is 0.792. The Morgan fingerprint density at radius 1 is 1.17 bits per heavy atom. The Kier molecular flexibility index (Phi) is 5.40. The largest absolute Gasteiger partial charge is 0.315 e. The molecule has 102 valence electrons. The van der Waals surface area contributed by atoms with Gasteiger partial charge in [0.1, 0.15) is 0 Å². The molecule has 1 aromatic carbocycles. The van der Waals surface area contributed by atoms with Gasteiger partial charge in [-0.15, -0.1) is 0 Å². The molecule has 0 aliphatic heterocycles. The molecule has 0 bridgehead atoms. The summed E-state index contributed by atoms with van der Waals surface area (Å²) in [4.78, 5) is 0. The van der Waals surface area contributed by atoms with Crippen molar-refractivity contribution in [2.45, 2.75) is 60.4 Å². The highest BCUT2D eigenvalue weighted by Crippen LogP contribution is 2.30. The fourth-order valence-corrected chi connectivity index (χ4v) is 2.93. The number of hydrogen-bond donors (Lipinski definition) is 1. The first-order chi connectivity index (χ1) is 8.35. The molecule has 1 heteroatoms. The second-order valence-electron chi connectivity index (χ2n) is 6.37. The molecule has 0 aromatic heterocycles. The summed E-state index contributed by atoms with van der Waals surface area (Å²) < 4.78 is 0. The first-order valence-corrected chi connectivity index (χ1v) is 7.14. The van der Waals surface area contributed by atoms with Crippen molar-refractivity contribution >= 4 is 0 Å². The highest BCUT2D eigenvalue weighted by Gasteiger charge is 2.22. The van der Waals surface area contributed by atoms with Gasteiger partial charge in [0, 0.05) is 6.04 Å². The highest BCUT2D eigenvalue weighted by atomic mass is 14.9. The van der Waals surface area contributed by atoms with Crippen LogP contribution in [0.25, 0.3) is 0 Å². The first kappa shape index (κ1) is 15.2. The maximum absolute atomic E-state index is 3.52. The van der Waals surface area contributed by atoms with E-state index in [9.17, 15) is 0 Å². The monoisotopic (exact) mass is 247 g/mol. The van der Waals surface area contributed by atoms with Crippen molar-refractivity contribution < 1.29 is 0 Å². The van der Waals surface area contributed by atoms with Crippen LogP contribution in [0, 0.1) is 19.3 Å². The second kappa shape index (κ2) is 6.38. The molecule has 1 nitrogen and oxygen atoms in total. The van der Waals surface area contributed by atoms with E-state index in [0.29, 0.717) is 11.5 Å². The number of nitrogens with one attached hydrogen (secondary N) is 1. The van der Waals surface area contributed by atoms with Crippen LogP contribution in [0.2, 0.25) is 0 Å². The van der Waals surface area contributed by atoms with Crippen molar-refractivity contribution in [1.29, 1.82) is 0 Å². The summed E-state index contributed by atoms with van der Waals surface area (Å²) in [6.45, 7) is 14.7. The minimum absolute atomic E-state index is 0.346. The molecule has 0 aliphatic carbocycles. The van der Waals surface area contributed by atoms with Gasteiger partial charge in [-0.3, -0.25) is 0 Å². The summed E-state index contributed by atoms with van der Waals surface area (Å²) >= 11 is 0. The molecule has 1 unspecified atom stereocenters. The molecule has 0 saturated carbocycles. The summed E-state index contributed by atoms with van der Waals surface area (Å²) in [6.07, 6.45) is 2.38. The van der Waals surface area contributed by atoms with Gasteiger partial charge in [0.2, 0.25) is 0 Å². The lowest BCUT2D eigenvalue weighted by atomic mass is 9.78. The van der Waals surface area contributed by atoms with Crippen molar-refractivity contribution in [2.24, 2.45) is 5.41 Å². The molecule has 18 heavy (non-hydrogen) atoms. The van der Waals surface area contributed by atoms with E-state index in [4.69, 9.17) is 0 Å². The summed E-state index contributed by atoms with van der Waals surface area (Å²) in [5.74, 6) is 0. The van der Waals surface area contributed by atoms with Crippen molar-refractivity contribution in [3.05, 3.63) is 34.9 Å². The van der Waals surface area contributed by atoms with Crippen molar-refractivity contribution in [3.63, 3.8) is 0 Å². The van der Waals surface area contributed by atoms with Gasteiger partial charge in [0.05, 0.1) is 0 Å². The van der Waals surface area contributed by atoms with E-state index in [-0.39, 0.29) is 0 Å². The summed E-state index contributed by atoms with van der Waals surface area (Å²) in [5.41, 5.74) is 4.74.